The van der Waals surface area contributed by atoms with Crippen molar-refractivity contribution in [2.75, 3.05) is 10.6 Å². The van der Waals surface area contributed by atoms with E-state index in [-0.39, 0.29) is 40.5 Å². The Labute approximate surface area is 484 Å². The van der Waals surface area contributed by atoms with Crippen molar-refractivity contribution in [2.24, 2.45) is 38.4 Å². The number of hydrogen-bond donors (Lipinski definition) is 6. The van der Waals surface area contributed by atoms with Crippen LogP contribution in [0.25, 0.3) is 0 Å². The van der Waals surface area contributed by atoms with E-state index in [1.807, 2.05) is 138 Å². The molecule has 4 aromatic carbocycles. The van der Waals surface area contributed by atoms with Gasteiger partial charge in [-0.1, -0.05) is 126 Å². The number of thioether (sulfide) groups is 2. The number of carbonyl (C=O) groups excluding carboxylic acids is 3. The molecular formula is C57H61N16O4S4+. The second-order valence-corrected chi connectivity index (χ2v) is 23.7. The molecule has 0 bridgehead atoms. The maximum absolute atomic E-state index is 13.4. The lowest BCUT2D eigenvalue weighted by Gasteiger charge is -2.08. The van der Waals surface area contributed by atoms with Crippen LogP contribution in [0.3, 0.4) is 0 Å². The number of amides is 3. The van der Waals surface area contributed by atoms with Gasteiger partial charge in [0.05, 0.1) is 37.4 Å². The topological polar surface area (TPSA) is 287 Å². The first-order valence-corrected chi connectivity index (χ1v) is 29.6. The predicted molar refractivity (Wildman–Crippen MR) is 320 cm³/mol. The van der Waals surface area contributed by atoms with E-state index in [2.05, 4.69) is 41.0 Å². The first-order chi connectivity index (χ1) is 39.4. The minimum atomic E-state index is -0.979. The van der Waals surface area contributed by atoms with Crippen LogP contribution in [-0.2, 0) is 66.0 Å². The number of hydrogen-bond acceptors (Lipinski definition) is 16. The number of nitrogens with two attached hydrogens (primary N) is 2. The summed E-state index contributed by atoms with van der Waals surface area (Å²) >= 11 is 4.78. The van der Waals surface area contributed by atoms with Crippen molar-refractivity contribution in [3.05, 3.63) is 190 Å². The molecule has 1 aliphatic rings. The van der Waals surface area contributed by atoms with Gasteiger partial charge in [-0.25, -0.2) is 5.32 Å². The molecule has 0 aliphatic heterocycles. The van der Waals surface area contributed by atoms with Crippen LogP contribution in [0, 0.1) is 17.2 Å². The maximum Gasteiger partial charge on any atom is 0.385 e. The number of unbranched alkanes of at least 4 members (excludes halogenated alkanes) is 1. The van der Waals surface area contributed by atoms with E-state index < -0.39 is 18.0 Å². The van der Waals surface area contributed by atoms with Gasteiger partial charge in [0.1, 0.15) is 15.1 Å². The van der Waals surface area contributed by atoms with Gasteiger partial charge in [0.25, 0.3) is 11.8 Å². The van der Waals surface area contributed by atoms with Gasteiger partial charge in [0.15, 0.2) is 16.6 Å². The van der Waals surface area contributed by atoms with Crippen molar-refractivity contribution in [3.63, 3.8) is 0 Å². The van der Waals surface area contributed by atoms with Crippen LogP contribution < -0.4 is 26.9 Å². The smallest absolute Gasteiger partial charge is 0.378 e. The van der Waals surface area contributed by atoms with Crippen LogP contribution in [0.2, 0.25) is 0 Å². The molecule has 20 nitrogen and oxygen atoms in total. The molecule has 9 rings (SSSR count). The van der Waals surface area contributed by atoms with E-state index in [4.69, 9.17) is 27.1 Å². The van der Waals surface area contributed by atoms with Crippen molar-refractivity contribution >= 4 is 94.6 Å². The van der Waals surface area contributed by atoms with Gasteiger partial charge in [-0.2, -0.15) is 20.2 Å². The van der Waals surface area contributed by atoms with Crippen LogP contribution in [0.5, 0.6) is 0 Å². The Kier molecular flexibility index (Phi) is 20.6. The van der Waals surface area contributed by atoms with Gasteiger partial charge in [-0.05, 0) is 123 Å². The summed E-state index contributed by atoms with van der Waals surface area (Å²) < 4.78 is 3.61. The van der Waals surface area contributed by atoms with Gasteiger partial charge in [0, 0.05) is 55.3 Å². The summed E-state index contributed by atoms with van der Waals surface area (Å²) in [6.45, 7) is 1.13. The van der Waals surface area contributed by atoms with Crippen molar-refractivity contribution in [2.45, 2.75) is 89.9 Å². The van der Waals surface area contributed by atoms with E-state index in [1.165, 1.54) is 27.5 Å². The molecule has 3 amide bonds. The van der Waals surface area contributed by atoms with Gasteiger partial charge in [-0.15, -0.1) is 10.2 Å². The number of aliphatic hydroxyl groups is 1. The Morgan fingerprint density at radius 2 is 1.26 bits per heavy atom. The summed E-state index contributed by atoms with van der Waals surface area (Å²) in [5.41, 5.74) is 18.2. The highest BCUT2D eigenvalue weighted by atomic mass is 32.2. The van der Waals surface area contributed by atoms with E-state index in [9.17, 15) is 19.5 Å². The fourth-order valence-electron chi connectivity index (χ4n) is 8.83. The monoisotopic (exact) mass is 1160 g/mol. The summed E-state index contributed by atoms with van der Waals surface area (Å²) in [5.74, 6) is -0.338. The summed E-state index contributed by atoms with van der Waals surface area (Å²) in [6.07, 6.45) is 11.0. The Hall–Kier alpha value is -8.03. The molecule has 3 atom stereocenters. The normalized spacial score (nSPS) is 14.9. The molecule has 8 aromatic rings. The molecule has 4 aromatic heterocycles. The SMILES string of the molecule is N=C(CCCCC(=N[n+]1nc(CC2CC2Cc2nnc(NC(=O)Cc3ccccc3)s2)sc1NC(O)Cc1ccccc1)SC(N)=NC(=O)Cc1cccc(Cn2cccn2)c1)SC(N)=NC(=O)Cc1cccc(Cn2cccn2)c1. The molecule has 3 unspecified atom stereocenters. The minimum Gasteiger partial charge on any atom is -0.378 e. The van der Waals surface area contributed by atoms with Crippen LogP contribution in [0.1, 0.15) is 75.5 Å². The number of carbonyl (C=O) groups is 3. The number of nitrogens with zero attached hydrogens (tertiary/aromatic N) is 11. The molecular weight excluding hydrogens is 1100 g/mol. The largest absolute Gasteiger partial charge is 0.385 e. The summed E-state index contributed by atoms with van der Waals surface area (Å²) in [4.78, 5) is 48.9. The first-order valence-electron chi connectivity index (χ1n) is 26.3. The third-order valence-corrected chi connectivity index (χ3v) is 16.1. The maximum atomic E-state index is 13.4. The summed E-state index contributed by atoms with van der Waals surface area (Å²) in [6, 6.07) is 38.3. The zero-order chi connectivity index (χ0) is 56.3. The van der Waals surface area contributed by atoms with Gasteiger partial charge < -0.3 is 21.9 Å². The molecule has 0 spiro atoms. The molecule has 0 radical (unpaired) electrons. The number of benzene rings is 4. The van der Waals surface area contributed by atoms with Gasteiger partial charge >= 0.3 is 5.13 Å². The van der Waals surface area contributed by atoms with E-state index >= 15 is 0 Å². The van der Waals surface area contributed by atoms with Crippen LogP contribution in [-0.4, -0.2) is 84.3 Å². The van der Waals surface area contributed by atoms with Crippen LogP contribution >= 0.6 is 46.2 Å². The van der Waals surface area contributed by atoms with Crippen LogP contribution in [0.4, 0.5) is 10.3 Å². The fraction of sp³-hybridized carbons (Fsp3) is 0.281. The molecule has 0 saturated heterocycles. The van der Waals surface area contributed by atoms with Gasteiger partial charge in [-0.3, -0.25) is 29.2 Å². The molecule has 4 heterocycles. The van der Waals surface area contributed by atoms with E-state index in [0.29, 0.717) is 85.2 Å². The fourth-order valence-corrected chi connectivity index (χ4v) is 12.1. The second kappa shape index (κ2) is 28.9. The highest BCUT2D eigenvalue weighted by molar-refractivity contribution is 8.26. The van der Waals surface area contributed by atoms with Crippen LogP contribution in [0.15, 0.2) is 161 Å². The zero-order valence-corrected chi connectivity index (χ0v) is 47.4. The minimum absolute atomic E-state index is 0.000813. The molecule has 416 valence electrons. The highest BCUT2D eigenvalue weighted by Gasteiger charge is 2.39. The highest BCUT2D eigenvalue weighted by Crippen LogP contribution is 2.44. The Bertz CT molecular complexity index is 3480. The molecule has 1 fully saturated rings. The predicted octanol–water partition coefficient (Wildman–Crippen LogP) is 7.68. The van der Waals surface area contributed by atoms with Gasteiger partial charge in [0.2, 0.25) is 11.0 Å². The lowest BCUT2D eigenvalue weighted by Crippen LogP contribution is -2.37. The zero-order valence-electron chi connectivity index (χ0n) is 44.2. The molecule has 24 heteroatoms. The van der Waals surface area contributed by atoms with Crippen molar-refractivity contribution in [1.82, 2.24) is 34.9 Å². The molecule has 1 saturated carbocycles. The standard InChI is InChI=1S/C57H60N16O4S4/c58-46(78-54(59)63-47(74)31-40-17-9-19-42(27-40)36-71-25-11-23-61-71)21-7-8-22-51(79-55(60)64-48(75)32-41-18-10-20-43(28-41)37-72-26-12-24-62-72)69-73-57(66-50(77)30-39-15-5-2-6-16-39)81-53(70-73)35-45-33-44(45)34-52-67-68-56(80-52)65-49(76)29-38-13-3-1-4-14-38/h1-6,9-20,23-28,44-45,50,58,77H,7-8,21-22,29-37H2,(H5,59,60,63,64,65,68,74,75,76)/p+1. The number of nitrogens with one attached hydrogen (secondary N) is 3. The Morgan fingerprint density at radius 3 is 1.88 bits per heavy atom. The van der Waals surface area contributed by atoms with Crippen molar-refractivity contribution in [1.29, 1.82) is 5.41 Å². The third kappa shape index (κ3) is 19.1. The van der Waals surface area contributed by atoms with Crippen molar-refractivity contribution < 1.29 is 24.3 Å². The summed E-state index contributed by atoms with van der Waals surface area (Å²) in [5, 5.41) is 56.6. The van der Waals surface area contributed by atoms with E-state index in [0.717, 1.165) is 73.3 Å². The van der Waals surface area contributed by atoms with E-state index in [1.54, 1.807) is 17.1 Å². The second-order valence-electron chi connectivity index (χ2n) is 19.3. The lowest BCUT2D eigenvalue weighted by atomic mass is 10.1. The quantitative estimate of drug-likeness (QED) is 0.0105. The number of amidine groups is 2. The molecule has 81 heavy (non-hydrogen) atoms. The number of anilines is 2. The number of aliphatic hydroxyl groups excluding tert-OH is 1. The average Bonchev–Trinajstić information content (AvgIpc) is 4.03. The molecule has 1 aliphatic carbocycles. The molecule has 8 N–H and O–H groups in total. The Morgan fingerprint density at radius 1 is 0.691 bits per heavy atom. The first kappa shape index (κ1) is 57.6. The summed E-state index contributed by atoms with van der Waals surface area (Å²) in [7, 11) is 0. The third-order valence-electron chi connectivity index (χ3n) is 12.7. The Balaban J connectivity index is 0.864. The number of aliphatic imine (C=N–C) groups is 2. The lowest BCUT2D eigenvalue weighted by molar-refractivity contribution is -0.720. The average molecular weight is 1160 g/mol. The van der Waals surface area contributed by atoms with Crippen molar-refractivity contribution in [3.8, 4) is 0 Å². The number of rotatable bonds is 25. The number of aromatic nitrogens is 8.